The van der Waals surface area contributed by atoms with Gasteiger partial charge in [0.25, 0.3) is 0 Å². The molecule has 112 valence electrons. The molecule has 0 spiro atoms. The normalized spacial score (nSPS) is 12.4. The molecule has 1 nitrogen and oxygen atoms in total. The number of hydrogen-bond donors (Lipinski definition) is 1. The number of rotatable bonds is 6. The molecule has 0 aliphatic heterocycles. The van der Waals surface area contributed by atoms with E-state index in [2.05, 4.69) is 43.4 Å². The zero-order chi connectivity index (χ0) is 15.2. The van der Waals surface area contributed by atoms with Crippen LogP contribution in [-0.2, 0) is 12.8 Å². The van der Waals surface area contributed by atoms with E-state index in [-0.39, 0.29) is 5.82 Å². The lowest BCUT2D eigenvalue weighted by atomic mass is 9.89. The van der Waals surface area contributed by atoms with Crippen LogP contribution in [0, 0.1) is 25.6 Å². The first-order valence-electron chi connectivity index (χ1n) is 7.54. The quantitative estimate of drug-likeness (QED) is 0.844. The van der Waals surface area contributed by atoms with Crippen molar-refractivity contribution in [1.82, 2.24) is 5.32 Å². The Morgan fingerprint density at radius 1 is 0.952 bits per heavy atom. The third-order valence-electron chi connectivity index (χ3n) is 4.08. The first-order valence-corrected chi connectivity index (χ1v) is 7.54. The molecule has 2 rings (SSSR count). The van der Waals surface area contributed by atoms with Crippen molar-refractivity contribution >= 4 is 0 Å². The monoisotopic (exact) mass is 285 g/mol. The van der Waals surface area contributed by atoms with Crippen LogP contribution in [0.15, 0.2) is 42.5 Å². The van der Waals surface area contributed by atoms with E-state index >= 15 is 0 Å². The van der Waals surface area contributed by atoms with Gasteiger partial charge in [-0.25, -0.2) is 4.39 Å². The average Bonchev–Trinajstić information content (AvgIpc) is 2.45. The van der Waals surface area contributed by atoms with Gasteiger partial charge in [-0.15, -0.1) is 0 Å². The average molecular weight is 285 g/mol. The van der Waals surface area contributed by atoms with Crippen LogP contribution in [0.25, 0.3) is 0 Å². The van der Waals surface area contributed by atoms with Crippen LogP contribution in [0.3, 0.4) is 0 Å². The molecule has 0 radical (unpaired) electrons. The lowest BCUT2D eigenvalue weighted by Crippen LogP contribution is -2.23. The van der Waals surface area contributed by atoms with Crippen LogP contribution in [-0.4, -0.2) is 13.6 Å². The van der Waals surface area contributed by atoms with Crippen LogP contribution in [0.5, 0.6) is 0 Å². The second-order valence-electron chi connectivity index (χ2n) is 5.83. The summed E-state index contributed by atoms with van der Waals surface area (Å²) in [5, 5.41) is 3.27. The molecule has 0 saturated heterocycles. The second-order valence-corrected chi connectivity index (χ2v) is 5.83. The van der Waals surface area contributed by atoms with Gasteiger partial charge in [-0.3, -0.25) is 0 Å². The van der Waals surface area contributed by atoms with Gasteiger partial charge < -0.3 is 5.32 Å². The highest BCUT2D eigenvalue weighted by Crippen LogP contribution is 2.20. The first-order chi connectivity index (χ1) is 10.1. The molecule has 2 aromatic carbocycles. The molecule has 0 amide bonds. The van der Waals surface area contributed by atoms with E-state index in [0.717, 1.165) is 24.9 Å². The van der Waals surface area contributed by atoms with Gasteiger partial charge in [-0.05, 0) is 80.6 Å². The van der Waals surface area contributed by atoms with E-state index in [1.54, 1.807) is 6.07 Å². The third-order valence-corrected chi connectivity index (χ3v) is 4.08. The van der Waals surface area contributed by atoms with Crippen LogP contribution >= 0.6 is 0 Å². The maximum Gasteiger partial charge on any atom is 0.123 e. The van der Waals surface area contributed by atoms with Crippen molar-refractivity contribution in [3.05, 3.63) is 70.5 Å². The fourth-order valence-corrected chi connectivity index (χ4v) is 2.83. The van der Waals surface area contributed by atoms with Crippen molar-refractivity contribution in [2.75, 3.05) is 13.6 Å². The smallest absolute Gasteiger partial charge is 0.123 e. The minimum absolute atomic E-state index is 0.144. The largest absolute Gasteiger partial charge is 0.319 e. The Morgan fingerprint density at radius 2 is 1.62 bits per heavy atom. The molecule has 2 aromatic rings. The lowest BCUT2D eigenvalue weighted by molar-refractivity contribution is 0.490. The molecule has 21 heavy (non-hydrogen) atoms. The Kier molecular flexibility index (Phi) is 5.51. The number of aryl methyl sites for hydroxylation is 2. The Balaban J connectivity index is 2.16. The highest BCUT2D eigenvalue weighted by molar-refractivity contribution is 5.29. The highest BCUT2D eigenvalue weighted by Gasteiger charge is 2.13. The number of hydrogen-bond acceptors (Lipinski definition) is 1. The molecule has 0 aromatic heterocycles. The van der Waals surface area contributed by atoms with Crippen LogP contribution < -0.4 is 5.32 Å². The van der Waals surface area contributed by atoms with Gasteiger partial charge in [0.15, 0.2) is 0 Å². The van der Waals surface area contributed by atoms with Gasteiger partial charge in [0.05, 0.1) is 0 Å². The van der Waals surface area contributed by atoms with Crippen molar-refractivity contribution in [2.45, 2.75) is 26.7 Å². The van der Waals surface area contributed by atoms with E-state index in [1.807, 2.05) is 13.1 Å². The molecule has 1 N–H and O–H groups in total. The fraction of sp³-hybridized carbons (Fsp3) is 0.368. The predicted molar refractivity (Wildman–Crippen MR) is 87.1 cm³/mol. The van der Waals surface area contributed by atoms with Gasteiger partial charge >= 0.3 is 0 Å². The summed E-state index contributed by atoms with van der Waals surface area (Å²) in [6, 6.07) is 13.6. The summed E-state index contributed by atoms with van der Waals surface area (Å²) in [5.41, 5.74) is 4.99. The van der Waals surface area contributed by atoms with Crippen LogP contribution in [0.2, 0.25) is 0 Å². The maximum absolute atomic E-state index is 13.5. The minimum Gasteiger partial charge on any atom is -0.319 e. The molecule has 0 aliphatic carbocycles. The van der Waals surface area contributed by atoms with Crippen molar-refractivity contribution in [3.8, 4) is 0 Å². The zero-order valence-electron chi connectivity index (χ0n) is 13.1. The lowest BCUT2D eigenvalue weighted by Gasteiger charge is -2.19. The molecule has 1 unspecified atom stereocenters. The molecule has 0 saturated carbocycles. The van der Waals surface area contributed by atoms with Crippen LogP contribution in [0.1, 0.15) is 22.3 Å². The molecular formula is C19H24FN. The first kappa shape index (κ1) is 15.7. The summed E-state index contributed by atoms with van der Waals surface area (Å²) < 4.78 is 13.5. The van der Waals surface area contributed by atoms with Crippen molar-refractivity contribution in [3.63, 3.8) is 0 Å². The standard InChI is InChI=1S/C19H24FN/c1-14-6-4-5-7-17(14)10-16(13-21-3)11-18-12-19(20)9-8-15(18)2/h4-9,12,16,21H,10-11,13H2,1-3H3. The van der Waals surface area contributed by atoms with E-state index < -0.39 is 0 Å². The Morgan fingerprint density at radius 3 is 2.33 bits per heavy atom. The topological polar surface area (TPSA) is 12.0 Å². The molecule has 0 fully saturated rings. The van der Waals surface area contributed by atoms with E-state index in [4.69, 9.17) is 0 Å². The van der Waals surface area contributed by atoms with Crippen molar-refractivity contribution < 1.29 is 4.39 Å². The number of nitrogens with one attached hydrogen (secondary N) is 1. The van der Waals surface area contributed by atoms with Crippen molar-refractivity contribution in [1.29, 1.82) is 0 Å². The predicted octanol–water partition coefficient (Wildman–Crippen LogP) is 4.06. The van der Waals surface area contributed by atoms with Gasteiger partial charge in [0.1, 0.15) is 5.82 Å². The Bertz CT molecular complexity index is 592. The molecule has 0 bridgehead atoms. The molecular weight excluding hydrogens is 261 g/mol. The maximum atomic E-state index is 13.5. The zero-order valence-corrected chi connectivity index (χ0v) is 13.1. The van der Waals surface area contributed by atoms with Gasteiger partial charge in [-0.2, -0.15) is 0 Å². The summed E-state index contributed by atoms with van der Waals surface area (Å²) >= 11 is 0. The number of benzene rings is 2. The second kappa shape index (κ2) is 7.37. The number of halogens is 1. The van der Waals surface area contributed by atoms with Gasteiger partial charge in [0.2, 0.25) is 0 Å². The summed E-state index contributed by atoms with van der Waals surface area (Å²) in [6.07, 6.45) is 1.92. The third kappa shape index (κ3) is 4.40. The molecule has 0 aliphatic rings. The van der Waals surface area contributed by atoms with E-state index in [1.165, 1.54) is 22.8 Å². The summed E-state index contributed by atoms with van der Waals surface area (Å²) in [6.45, 7) is 5.14. The van der Waals surface area contributed by atoms with Gasteiger partial charge in [-0.1, -0.05) is 30.3 Å². The molecule has 1 atom stereocenters. The molecule has 2 heteroatoms. The summed E-state index contributed by atoms with van der Waals surface area (Å²) in [4.78, 5) is 0. The van der Waals surface area contributed by atoms with Crippen molar-refractivity contribution in [2.24, 2.45) is 5.92 Å². The SMILES string of the molecule is CNCC(Cc1ccccc1C)Cc1cc(F)ccc1C. The fourth-order valence-electron chi connectivity index (χ4n) is 2.83. The van der Waals surface area contributed by atoms with E-state index in [0.29, 0.717) is 5.92 Å². The van der Waals surface area contributed by atoms with Gasteiger partial charge in [0, 0.05) is 0 Å². The summed E-state index contributed by atoms with van der Waals surface area (Å²) in [5.74, 6) is 0.325. The summed E-state index contributed by atoms with van der Waals surface area (Å²) in [7, 11) is 1.98. The Hall–Kier alpha value is -1.67. The Labute approximate surface area is 127 Å². The molecule has 0 heterocycles. The highest BCUT2D eigenvalue weighted by atomic mass is 19.1. The van der Waals surface area contributed by atoms with E-state index in [9.17, 15) is 4.39 Å². The van der Waals surface area contributed by atoms with Crippen LogP contribution in [0.4, 0.5) is 4.39 Å². The minimum atomic E-state index is -0.144.